The van der Waals surface area contributed by atoms with Crippen LogP contribution in [0, 0.1) is 0 Å². The van der Waals surface area contributed by atoms with E-state index in [1.165, 1.54) is 0 Å². The predicted molar refractivity (Wildman–Crippen MR) is 58.2 cm³/mol. The molecule has 0 aromatic heterocycles. The maximum Gasteiger partial charge on any atom is 0.222 e. The second-order valence-corrected chi connectivity index (χ2v) is 4.10. The topological polar surface area (TPSA) is 32.3 Å². The first-order chi connectivity index (χ1) is 6.75. The van der Waals surface area contributed by atoms with Gasteiger partial charge in [0.05, 0.1) is 0 Å². The van der Waals surface area contributed by atoms with Crippen LogP contribution < -0.4 is 5.32 Å². The summed E-state index contributed by atoms with van der Waals surface area (Å²) < 4.78 is 0. The first-order valence-electron chi connectivity index (χ1n) is 5.76. The minimum atomic E-state index is 0.336. The highest BCUT2D eigenvalue weighted by atomic mass is 16.2. The average molecular weight is 198 g/mol. The monoisotopic (exact) mass is 198 g/mol. The standard InChI is InChI=1S/C11H22N2O/c1-3-4-6-11(14)13-8-5-7-12-9-10(13)2/h10,12H,3-9H2,1-2H3. The van der Waals surface area contributed by atoms with Gasteiger partial charge >= 0.3 is 0 Å². The van der Waals surface area contributed by atoms with Gasteiger partial charge in [-0.3, -0.25) is 4.79 Å². The zero-order valence-electron chi connectivity index (χ0n) is 9.38. The van der Waals surface area contributed by atoms with Gasteiger partial charge in [-0.1, -0.05) is 13.3 Å². The molecule has 1 saturated heterocycles. The minimum Gasteiger partial charge on any atom is -0.339 e. The summed E-state index contributed by atoms with van der Waals surface area (Å²) in [5, 5.41) is 3.34. The number of hydrogen-bond donors (Lipinski definition) is 1. The lowest BCUT2D eigenvalue weighted by molar-refractivity contribution is -0.133. The Morgan fingerprint density at radius 2 is 2.36 bits per heavy atom. The Morgan fingerprint density at radius 1 is 1.57 bits per heavy atom. The fourth-order valence-corrected chi connectivity index (χ4v) is 1.86. The summed E-state index contributed by atoms with van der Waals surface area (Å²) in [6.45, 7) is 7.17. The Morgan fingerprint density at radius 3 is 3.07 bits per heavy atom. The van der Waals surface area contributed by atoms with E-state index in [9.17, 15) is 4.79 Å². The van der Waals surface area contributed by atoms with Crippen LogP contribution in [-0.4, -0.2) is 36.5 Å². The maximum absolute atomic E-state index is 11.8. The van der Waals surface area contributed by atoms with E-state index in [1.54, 1.807) is 0 Å². The van der Waals surface area contributed by atoms with Gasteiger partial charge in [0.15, 0.2) is 0 Å². The molecule has 1 aliphatic rings. The molecule has 1 aliphatic heterocycles. The summed E-state index contributed by atoms with van der Waals surface area (Å²) >= 11 is 0. The van der Waals surface area contributed by atoms with Crippen LogP contribution in [0.3, 0.4) is 0 Å². The zero-order valence-corrected chi connectivity index (χ0v) is 9.38. The molecule has 1 atom stereocenters. The Labute approximate surface area is 86.9 Å². The molecule has 0 aliphatic carbocycles. The van der Waals surface area contributed by atoms with Crippen molar-refractivity contribution in [3.05, 3.63) is 0 Å². The predicted octanol–water partition coefficient (Wildman–Crippen LogP) is 1.39. The second-order valence-electron chi connectivity index (χ2n) is 4.10. The smallest absolute Gasteiger partial charge is 0.222 e. The van der Waals surface area contributed by atoms with E-state index in [0.717, 1.165) is 45.3 Å². The van der Waals surface area contributed by atoms with Crippen LogP contribution in [0.1, 0.15) is 39.5 Å². The number of unbranched alkanes of at least 4 members (excludes halogenated alkanes) is 1. The van der Waals surface area contributed by atoms with Gasteiger partial charge in [-0.15, -0.1) is 0 Å². The molecule has 1 rings (SSSR count). The number of nitrogens with zero attached hydrogens (tertiary/aromatic N) is 1. The van der Waals surface area contributed by atoms with Crippen molar-refractivity contribution in [1.29, 1.82) is 0 Å². The maximum atomic E-state index is 11.8. The highest BCUT2D eigenvalue weighted by molar-refractivity contribution is 5.76. The van der Waals surface area contributed by atoms with Crippen LogP contribution in [0.2, 0.25) is 0 Å². The molecule has 0 aromatic rings. The second kappa shape index (κ2) is 6.02. The number of amides is 1. The quantitative estimate of drug-likeness (QED) is 0.743. The lowest BCUT2D eigenvalue weighted by Gasteiger charge is -2.26. The van der Waals surface area contributed by atoms with Gasteiger partial charge in [-0.2, -0.15) is 0 Å². The summed E-state index contributed by atoms with van der Waals surface area (Å²) in [5.74, 6) is 0.336. The normalized spacial score (nSPS) is 23.3. The highest BCUT2D eigenvalue weighted by Crippen LogP contribution is 2.08. The molecule has 0 saturated carbocycles. The van der Waals surface area contributed by atoms with E-state index in [1.807, 2.05) is 4.90 Å². The average Bonchev–Trinajstić information content (AvgIpc) is 2.39. The molecule has 0 radical (unpaired) electrons. The number of carbonyl (C=O) groups excluding carboxylic acids is 1. The van der Waals surface area contributed by atoms with E-state index in [0.29, 0.717) is 11.9 Å². The van der Waals surface area contributed by atoms with Crippen molar-refractivity contribution in [2.75, 3.05) is 19.6 Å². The fourth-order valence-electron chi connectivity index (χ4n) is 1.86. The van der Waals surface area contributed by atoms with Crippen molar-refractivity contribution in [2.24, 2.45) is 0 Å². The van der Waals surface area contributed by atoms with Gasteiger partial charge in [-0.25, -0.2) is 0 Å². The molecule has 0 spiro atoms. The third-order valence-corrected chi connectivity index (χ3v) is 2.79. The van der Waals surface area contributed by atoms with Crippen LogP contribution in [0.25, 0.3) is 0 Å². The molecule has 3 nitrogen and oxygen atoms in total. The van der Waals surface area contributed by atoms with E-state index < -0.39 is 0 Å². The van der Waals surface area contributed by atoms with Gasteiger partial charge < -0.3 is 10.2 Å². The van der Waals surface area contributed by atoms with E-state index in [2.05, 4.69) is 19.2 Å². The van der Waals surface area contributed by atoms with Crippen molar-refractivity contribution in [3.63, 3.8) is 0 Å². The van der Waals surface area contributed by atoms with Gasteiger partial charge in [0.2, 0.25) is 5.91 Å². The van der Waals surface area contributed by atoms with Crippen molar-refractivity contribution < 1.29 is 4.79 Å². The van der Waals surface area contributed by atoms with Crippen molar-refractivity contribution in [2.45, 2.75) is 45.6 Å². The molecular formula is C11H22N2O. The third kappa shape index (κ3) is 3.29. The van der Waals surface area contributed by atoms with E-state index >= 15 is 0 Å². The zero-order chi connectivity index (χ0) is 10.4. The molecule has 1 fully saturated rings. The Bertz CT molecular complexity index is 182. The highest BCUT2D eigenvalue weighted by Gasteiger charge is 2.20. The minimum absolute atomic E-state index is 0.336. The molecule has 1 heterocycles. The first-order valence-corrected chi connectivity index (χ1v) is 5.76. The summed E-state index contributed by atoms with van der Waals surface area (Å²) in [6.07, 6.45) is 3.94. The fraction of sp³-hybridized carbons (Fsp3) is 0.909. The van der Waals surface area contributed by atoms with Crippen LogP contribution in [0.4, 0.5) is 0 Å². The Kier molecular flexibility index (Phi) is 4.94. The lowest BCUT2D eigenvalue weighted by atomic mass is 10.2. The Hall–Kier alpha value is -0.570. The summed E-state index contributed by atoms with van der Waals surface area (Å²) in [4.78, 5) is 13.9. The van der Waals surface area contributed by atoms with E-state index in [4.69, 9.17) is 0 Å². The molecule has 82 valence electrons. The molecule has 1 amide bonds. The van der Waals surface area contributed by atoms with Crippen LogP contribution in [0.5, 0.6) is 0 Å². The molecular weight excluding hydrogens is 176 g/mol. The van der Waals surface area contributed by atoms with Crippen LogP contribution in [-0.2, 0) is 4.79 Å². The van der Waals surface area contributed by atoms with Gasteiger partial charge in [0.1, 0.15) is 0 Å². The van der Waals surface area contributed by atoms with Crippen LogP contribution in [0.15, 0.2) is 0 Å². The number of nitrogens with one attached hydrogen (secondary N) is 1. The molecule has 1 unspecified atom stereocenters. The first kappa shape index (κ1) is 11.5. The largest absolute Gasteiger partial charge is 0.339 e. The SMILES string of the molecule is CCCCC(=O)N1CCCNCC1C. The molecule has 0 aromatic carbocycles. The van der Waals surface area contributed by atoms with Gasteiger partial charge in [0, 0.05) is 25.6 Å². The molecule has 1 N–H and O–H groups in total. The van der Waals surface area contributed by atoms with Gasteiger partial charge in [0.25, 0.3) is 0 Å². The van der Waals surface area contributed by atoms with Gasteiger partial charge in [-0.05, 0) is 26.3 Å². The Balaban J connectivity index is 2.41. The lowest BCUT2D eigenvalue weighted by Crippen LogP contribution is -2.41. The van der Waals surface area contributed by atoms with E-state index in [-0.39, 0.29) is 0 Å². The number of hydrogen-bond acceptors (Lipinski definition) is 2. The summed E-state index contributed by atoms with van der Waals surface area (Å²) in [7, 11) is 0. The summed E-state index contributed by atoms with van der Waals surface area (Å²) in [5.41, 5.74) is 0. The number of rotatable bonds is 3. The van der Waals surface area contributed by atoms with Crippen LogP contribution >= 0.6 is 0 Å². The number of carbonyl (C=O) groups is 1. The van der Waals surface area contributed by atoms with Crippen molar-refractivity contribution >= 4 is 5.91 Å². The van der Waals surface area contributed by atoms with Crippen molar-refractivity contribution in [3.8, 4) is 0 Å². The molecule has 14 heavy (non-hydrogen) atoms. The molecule has 3 heteroatoms. The molecule has 0 bridgehead atoms. The third-order valence-electron chi connectivity index (χ3n) is 2.79. The van der Waals surface area contributed by atoms with Crippen molar-refractivity contribution in [1.82, 2.24) is 10.2 Å². The summed E-state index contributed by atoms with van der Waals surface area (Å²) in [6, 6.07) is 0.363.